The molecule has 4 rings (SSSR count). The van der Waals surface area contributed by atoms with Gasteiger partial charge in [-0.05, 0) is 34.7 Å². The van der Waals surface area contributed by atoms with Gasteiger partial charge in [-0.15, -0.1) is 0 Å². The van der Waals surface area contributed by atoms with Gasteiger partial charge in [0.25, 0.3) is 0 Å². The quantitative estimate of drug-likeness (QED) is 0.705. The molecule has 0 aliphatic heterocycles. The van der Waals surface area contributed by atoms with Crippen LogP contribution in [0.5, 0.6) is 0 Å². The zero-order chi connectivity index (χ0) is 14.9. The van der Waals surface area contributed by atoms with Crippen molar-refractivity contribution >= 4 is 0 Å². The lowest BCUT2D eigenvalue weighted by Crippen LogP contribution is -2.24. The Balaban J connectivity index is 1.73. The van der Waals surface area contributed by atoms with E-state index >= 15 is 0 Å². The van der Waals surface area contributed by atoms with E-state index in [1.807, 2.05) is 0 Å². The standard InChI is InChI=1S/C21H19N/c1-15(16-9-3-2-4-10-16)22-21-19-13-7-5-11-17(19)18-12-6-8-14-20(18)21/h2-15,21-22H,1H3/t15-/m1/s1. The number of fused-ring (bicyclic) bond motifs is 3. The second kappa shape index (κ2) is 5.43. The molecule has 1 aliphatic carbocycles. The van der Waals surface area contributed by atoms with Crippen molar-refractivity contribution in [3.63, 3.8) is 0 Å². The van der Waals surface area contributed by atoms with Gasteiger partial charge in [-0.3, -0.25) is 5.32 Å². The van der Waals surface area contributed by atoms with E-state index in [0.29, 0.717) is 6.04 Å². The maximum Gasteiger partial charge on any atom is 0.0593 e. The van der Waals surface area contributed by atoms with Crippen molar-refractivity contribution < 1.29 is 0 Å². The van der Waals surface area contributed by atoms with E-state index in [1.54, 1.807) is 0 Å². The first-order valence-electron chi connectivity index (χ1n) is 7.84. The first-order chi connectivity index (χ1) is 10.8. The highest BCUT2D eigenvalue weighted by Crippen LogP contribution is 2.43. The Bertz CT molecular complexity index is 746. The largest absolute Gasteiger partial charge is 0.300 e. The van der Waals surface area contributed by atoms with Crippen LogP contribution in [0, 0.1) is 0 Å². The molecular formula is C21H19N. The maximum atomic E-state index is 3.81. The Morgan fingerprint density at radius 1 is 0.682 bits per heavy atom. The molecule has 0 fully saturated rings. The van der Waals surface area contributed by atoms with Crippen LogP contribution in [0.25, 0.3) is 11.1 Å². The molecule has 1 heteroatoms. The summed E-state index contributed by atoms with van der Waals surface area (Å²) >= 11 is 0. The molecule has 1 nitrogen and oxygen atoms in total. The summed E-state index contributed by atoms with van der Waals surface area (Å²) in [4.78, 5) is 0. The van der Waals surface area contributed by atoms with Crippen LogP contribution >= 0.6 is 0 Å². The Hall–Kier alpha value is -2.38. The molecule has 0 spiro atoms. The molecule has 0 bridgehead atoms. The first kappa shape index (κ1) is 13.3. The van der Waals surface area contributed by atoms with Crippen LogP contribution in [-0.4, -0.2) is 0 Å². The fraction of sp³-hybridized carbons (Fsp3) is 0.143. The van der Waals surface area contributed by atoms with Gasteiger partial charge >= 0.3 is 0 Å². The van der Waals surface area contributed by atoms with Crippen LogP contribution < -0.4 is 5.32 Å². The van der Waals surface area contributed by atoms with E-state index in [1.165, 1.54) is 27.8 Å². The van der Waals surface area contributed by atoms with E-state index in [0.717, 1.165) is 0 Å². The number of benzene rings is 3. The van der Waals surface area contributed by atoms with E-state index in [2.05, 4.69) is 91.1 Å². The first-order valence-corrected chi connectivity index (χ1v) is 7.84. The molecule has 0 radical (unpaired) electrons. The lowest BCUT2D eigenvalue weighted by atomic mass is 10.0. The van der Waals surface area contributed by atoms with Crippen molar-refractivity contribution in [3.8, 4) is 11.1 Å². The Morgan fingerprint density at radius 2 is 1.18 bits per heavy atom. The van der Waals surface area contributed by atoms with Crippen LogP contribution in [-0.2, 0) is 0 Å². The highest BCUT2D eigenvalue weighted by Gasteiger charge is 2.28. The highest BCUT2D eigenvalue weighted by molar-refractivity contribution is 5.78. The third kappa shape index (κ3) is 2.15. The highest BCUT2D eigenvalue weighted by atomic mass is 15.0. The van der Waals surface area contributed by atoms with E-state index in [9.17, 15) is 0 Å². The Kier molecular flexibility index (Phi) is 3.28. The number of hydrogen-bond acceptors (Lipinski definition) is 1. The van der Waals surface area contributed by atoms with Crippen LogP contribution in [0.1, 0.15) is 35.7 Å². The van der Waals surface area contributed by atoms with Gasteiger partial charge in [-0.1, -0.05) is 78.9 Å². The van der Waals surface area contributed by atoms with Crippen LogP contribution in [0.3, 0.4) is 0 Å². The predicted molar refractivity (Wildman–Crippen MR) is 91.7 cm³/mol. The molecular weight excluding hydrogens is 266 g/mol. The van der Waals surface area contributed by atoms with Crippen LogP contribution in [0.15, 0.2) is 78.9 Å². The number of nitrogens with one attached hydrogen (secondary N) is 1. The lowest BCUT2D eigenvalue weighted by Gasteiger charge is -2.22. The molecule has 1 aliphatic rings. The van der Waals surface area contributed by atoms with Crippen LogP contribution in [0.2, 0.25) is 0 Å². The zero-order valence-electron chi connectivity index (χ0n) is 12.7. The minimum Gasteiger partial charge on any atom is -0.300 e. The predicted octanol–water partition coefficient (Wildman–Crippen LogP) is 5.11. The van der Waals surface area contributed by atoms with Crippen molar-refractivity contribution in [2.75, 3.05) is 0 Å². The van der Waals surface area contributed by atoms with Gasteiger partial charge in [0, 0.05) is 6.04 Å². The summed E-state index contributed by atoms with van der Waals surface area (Å²) in [5.74, 6) is 0. The molecule has 0 saturated heterocycles. The lowest BCUT2D eigenvalue weighted by molar-refractivity contribution is 0.523. The van der Waals surface area contributed by atoms with Crippen LogP contribution in [0.4, 0.5) is 0 Å². The minimum atomic E-state index is 0.266. The van der Waals surface area contributed by atoms with Gasteiger partial charge in [0.2, 0.25) is 0 Å². The van der Waals surface area contributed by atoms with Crippen molar-refractivity contribution in [2.24, 2.45) is 0 Å². The summed E-state index contributed by atoms with van der Waals surface area (Å²) in [5.41, 5.74) is 6.80. The van der Waals surface area contributed by atoms with Gasteiger partial charge in [0.1, 0.15) is 0 Å². The van der Waals surface area contributed by atoms with Gasteiger partial charge in [-0.25, -0.2) is 0 Å². The van der Waals surface area contributed by atoms with Gasteiger partial charge in [0.05, 0.1) is 6.04 Å². The number of hydrogen-bond donors (Lipinski definition) is 1. The normalized spacial score (nSPS) is 14.4. The SMILES string of the molecule is C[C@@H](NC1c2ccccc2-c2ccccc21)c1ccccc1. The van der Waals surface area contributed by atoms with E-state index in [-0.39, 0.29) is 6.04 Å². The molecule has 0 amide bonds. The average Bonchev–Trinajstić information content (AvgIpc) is 2.90. The van der Waals surface area contributed by atoms with Crippen molar-refractivity contribution in [1.82, 2.24) is 5.32 Å². The van der Waals surface area contributed by atoms with Gasteiger partial charge < -0.3 is 0 Å². The average molecular weight is 285 g/mol. The summed E-state index contributed by atoms with van der Waals surface area (Å²) in [7, 11) is 0. The third-order valence-electron chi connectivity index (χ3n) is 4.55. The Morgan fingerprint density at radius 3 is 1.77 bits per heavy atom. The van der Waals surface area contributed by atoms with Crippen molar-refractivity contribution in [3.05, 3.63) is 95.6 Å². The fourth-order valence-corrected chi connectivity index (χ4v) is 3.42. The van der Waals surface area contributed by atoms with E-state index < -0.39 is 0 Å². The maximum absolute atomic E-state index is 3.81. The summed E-state index contributed by atoms with van der Waals surface area (Å²) in [5, 5.41) is 3.81. The van der Waals surface area contributed by atoms with E-state index in [4.69, 9.17) is 0 Å². The molecule has 1 N–H and O–H groups in total. The summed E-state index contributed by atoms with van der Waals surface area (Å²) in [6, 6.07) is 28.7. The second-order valence-corrected chi connectivity index (χ2v) is 5.91. The summed E-state index contributed by atoms with van der Waals surface area (Å²) in [6.07, 6.45) is 0. The fourth-order valence-electron chi connectivity index (χ4n) is 3.42. The van der Waals surface area contributed by atoms with Crippen molar-refractivity contribution in [1.29, 1.82) is 0 Å². The van der Waals surface area contributed by atoms with Crippen molar-refractivity contribution in [2.45, 2.75) is 19.0 Å². The molecule has 0 heterocycles. The topological polar surface area (TPSA) is 12.0 Å². The molecule has 1 atom stereocenters. The Labute approximate surface area is 131 Å². The van der Waals surface area contributed by atoms with Gasteiger partial charge in [-0.2, -0.15) is 0 Å². The molecule has 0 saturated carbocycles. The third-order valence-corrected chi connectivity index (χ3v) is 4.55. The minimum absolute atomic E-state index is 0.266. The zero-order valence-corrected chi connectivity index (χ0v) is 12.7. The monoisotopic (exact) mass is 285 g/mol. The molecule has 0 aromatic heterocycles. The van der Waals surface area contributed by atoms with Gasteiger partial charge in [0.15, 0.2) is 0 Å². The molecule has 3 aromatic rings. The number of rotatable bonds is 3. The molecule has 0 unspecified atom stereocenters. The molecule has 3 aromatic carbocycles. The second-order valence-electron chi connectivity index (χ2n) is 5.91. The summed E-state index contributed by atoms with van der Waals surface area (Å²) in [6.45, 7) is 2.24. The summed E-state index contributed by atoms with van der Waals surface area (Å²) < 4.78 is 0. The molecule has 108 valence electrons. The smallest absolute Gasteiger partial charge is 0.0593 e. The molecule has 22 heavy (non-hydrogen) atoms.